The minimum Gasteiger partial charge on any atom is -0.454 e. The first-order chi connectivity index (χ1) is 16.5. The van der Waals surface area contributed by atoms with Crippen LogP contribution in [0.4, 0.5) is 4.39 Å². The summed E-state index contributed by atoms with van der Waals surface area (Å²) in [4.78, 5) is 40.2. The molecule has 180 valence electrons. The van der Waals surface area contributed by atoms with Crippen LogP contribution >= 0.6 is 0 Å². The number of carbonyl (C=O) groups excluding carboxylic acids is 3. The lowest BCUT2D eigenvalue weighted by Gasteiger charge is -2.36. The van der Waals surface area contributed by atoms with Crippen molar-refractivity contribution in [2.24, 2.45) is 5.92 Å². The van der Waals surface area contributed by atoms with E-state index in [1.54, 1.807) is 35.2 Å². The van der Waals surface area contributed by atoms with Crippen LogP contribution in [0.25, 0.3) is 0 Å². The van der Waals surface area contributed by atoms with Gasteiger partial charge in [0.2, 0.25) is 12.7 Å². The summed E-state index contributed by atoms with van der Waals surface area (Å²) in [5, 5.41) is 5.74. The third-order valence-electron chi connectivity index (χ3n) is 6.16. The Morgan fingerprint density at radius 1 is 1.09 bits per heavy atom. The van der Waals surface area contributed by atoms with E-state index in [9.17, 15) is 18.8 Å². The van der Waals surface area contributed by atoms with Gasteiger partial charge in [-0.1, -0.05) is 19.1 Å². The highest BCUT2D eigenvalue weighted by molar-refractivity contribution is 5.98. The Labute approximate surface area is 197 Å². The number of ether oxygens (including phenoxy) is 2. The van der Waals surface area contributed by atoms with Crippen molar-refractivity contribution >= 4 is 17.7 Å². The van der Waals surface area contributed by atoms with E-state index in [1.807, 2.05) is 6.92 Å². The molecule has 2 aliphatic rings. The molecule has 1 fully saturated rings. The highest BCUT2D eigenvalue weighted by Crippen LogP contribution is 2.32. The zero-order valence-corrected chi connectivity index (χ0v) is 19.0. The number of amides is 3. The normalized spacial score (nSPS) is 16.1. The predicted molar refractivity (Wildman–Crippen MR) is 122 cm³/mol. The molecule has 1 unspecified atom stereocenters. The zero-order valence-electron chi connectivity index (χ0n) is 19.0. The maximum absolute atomic E-state index is 14.0. The second kappa shape index (κ2) is 10.5. The van der Waals surface area contributed by atoms with Gasteiger partial charge >= 0.3 is 0 Å². The predicted octanol–water partition coefficient (Wildman–Crippen LogP) is 2.73. The van der Waals surface area contributed by atoms with Crippen molar-refractivity contribution in [1.82, 2.24) is 15.5 Å². The minimum atomic E-state index is -0.754. The summed E-state index contributed by atoms with van der Waals surface area (Å²) in [5.74, 6) is -0.676. The molecule has 0 spiro atoms. The van der Waals surface area contributed by atoms with Crippen LogP contribution in [0.1, 0.15) is 46.9 Å². The fraction of sp³-hybridized carbons (Fsp3) is 0.400. The summed E-state index contributed by atoms with van der Waals surface area (Å²) < 4.78 is 24.7. The van der Waals surface area contributed by atoms with Gasteiger partial charge in [0, 0.05) is 25.2 Å². The van der Waals surface area contributed by atoms with E-state index in [0.717, 1.165) is 6.42 Å². The molecule has 1 saturated heterocycles. The number of likely N-dealkylation sites (tertiary alicyclic amines) is 1. The number of benzene rings is 2. The number of piperidine rings is 1. The largest absolute Gasteiger partial charge is 0.454 e. The number of rotatable bonds is 7. The molecule has 0 bridgehead atoms. The van der Waals surface area contributed by atoms with Crippen LogP contribution in [0.15, 0.2) is 42.5 Å². The minimum absolute atomic E-state index is 0.0364. The van der Waals surface area contributed by atoms with Crippen molar-refractivity contribution in [3.63, 3.8) is 0 Å². The van der Waals surface area contributed by atoms with Crippen molar-refractivity contribution < 1.29 is 28.2 Å². The van der Waals surface area contributed by atoms with Gasteiger partial charge < -0.3 is 25.0 Å². The average molecular weight is 470 g/mol. The van der Waals surface area contributed by atoms with Gasteiger partial charge in [-0.05, 0) is 55.5 Å². The van der Waals surface area contributed by atoms with Gasteiger partial charge in [-0.2, -0.15) is 0 Å². The Hall–Kier alpha value is -3.62. The molecule has 2 N–H and O–H groups in total. The maximum Gasteiger partial charge on any atom is 0.256 e. The van der Waals surface area contributed by atoms with Crippen LogP contribution < -0.4 is 20.1 Å². The average Bonchev–Trinajstić information content (AvgIpc) is 3.34. The zero-order chi connectivity index (χ0) is 24.1. The fourth-order valence-corrected chi connectivity index (χ4v) is 4.26. The first-order valence-corrected chi connectivity index (χ1v) is 11.5. The molecular formula is C25H28FN3O5. The fourth-order valence-electron chi connectivity index (χ4n) is 4.26. The molecule has 2 heterocycles. The number of nitrogens with zero attached hydrogens (tertiary/aromatic N) is 1. The summed E-state index contributed by atoms with van der Waals surface area (Å²) >= 11 is 0. The van der Waals surface area contributed by atoms with Crippen molar-refractivity contribution in [3.8, 4) is 11.5 Å². The summed E-state index contributed by atoms with van der Waals surface area (Å²) in [5.41, 5.74) is 0.402. The number of carbonyl (C=O) groups is 3. The third-order valence-corrected chi connectivity index (χ3v) is 6.16. The van der Waals surface area contributed by atoms with Crippen LogP contribution in [0.2, 0.25) is 0 Å². The lowest BCUT2D eigenvalue weighted by Crippen LogP contribution is -2.54. The molecule has 0 aliphatic carbocycles. The summed E-state index contributed by atoms with van der Waals surface area (Å²) in [6, 6.07) is 10.0. The van der Waals surface area contributed by atoms with Crippen molar-refractivity contribution in [2.45, 2.75) is 32.2 Å². The maximum atomic E-state index is 14.0. The molecular weight excluding hydrogens is 441 g/mol. The standard InChI is InChI=1S/C25H28FN3O5/c1-2-11-27-24(31)22(28-23(30)17-7-8-20-21(14-17)34-15-33-20)16-9-12-29(13-10-16)25(32)18-5-3-4-6-19(18)26/h3-8,14,16,22H,2,9-13,15H2,1H3,(H,27,31)(H,28,30). The van der Waals surface area contributed by atoms with Crippen molar-refractivity contribution in [1.29, 1.82) is 0 Å². The Balaban J connectivity index is 1.44. The Morgan fingerprint density at radius 2 is 1.82 bits per heavy atom. The summed E-state index contributed by atoms with van der Waals surface area (Å²) in [6.07, 6.45) is 1.78. The number of halogens is 1. The van der Waals surface area contributed by atoms with Gasteiger partial charge in [0.25, 0.3) is 11.8 Å². The van der Waals surface area contributed by atoms with Crippen LogP contribution in [-0.2, 0) is 4.79 Å². The lowest BCUT2D eigenvalue weighted by atomic mass is 9.88. The second-order valence-corrected chi connectivity index (χ2v) is 8.42. The van der Waals surface area contributed by atoms with E-state index in [1.165, 1.54) is 12.1 Å². The number of hydrogen-bond donors (Lipinski definition) is 2. The Kier molecular flexibility index (Phi) is 7.30. The number of hydrogen-bond acceptors (Lipinski definition) is 5. The number of fused-ring (bicyclic) bond motifs is 1. The van der Waals surface area contributed by atoms with Crippen molar-refractivity contribution in [3.05, 3.63) is 59.4 Å². The van der Waals surface area contributed by atoms with Crippen LogP contribution in [0.5, 0.6) is 11.5 Å². The van der Waals surface area contributed by atoms with E-state index >= 15 is 0 Å². The van der Waals surface area contributed by atoms with E-state index in [-0.39, 0.29) is 36.0 Å². The monoisotopic (exact) mass is 469 g/mol. The molecule has 4 rings (SSSR count). The number of nitrogens with one attached hydrogen (secondary N) is 2. The molecule has 8 nitrogen and oxygen atoms in total. The Morgan fingerprint density at radius 3 is 2.56 bits per heavy atom. The van der Waals surface area contributed by atoms with E-state index in [2.05, 4.69) is 10.6 Å². The van der Waals surface area contributed by atoms with Gasteiger partial charge in [0.05, 0.1) is 5.56 Å². The van der Waals surface area contributed by atoms with E-state index in [0.29, 0.717) is 49.5 Å². The van der Waals surface area contributed by atoms with Gasteiger partial charge in [-0.25, -0.2) is 4.39 Å². The van der Waals surface area contributed by atoms with Gasteiger partial charge in [-0.15, -0.1) is 0 Å². The molecule has 2 aromatic carbocycles. The van der Waals surface area contributed by atoms with Gasteiger partial charge in [0.1, 0.15) is 11.9 Å². The van der Waals surface area contributed by atoms with Gasteiger partial charge in [-0.3, -0.25) is 14.4 Å². The van der Waals surface area contributed by atoms with Crippen LogP contribution in [-0.4, -0.2) is 55.1 Å². The molecule has 3 amide bonds. The SMILES string of the molecule is CCCNC(=O)C(NC(=O)c1ccc2c(c1)OCO2)C1CCN(C(=O)c2ccccc2F)CC1. The van der Waals surface area contributed by atoms with E-state index < -0.39 is 11.9 Å². The van der Waals surface area contributed by atoms with Gasteiger partial charge in [0.15, 0.2) is 11.5 Å². The molecule has 0 aromatic heterocycles. The quantitative estimate of drug-likeness (QED) is 0.650. The second-order valence-electron chi connectivity index (χ2n) is 8.42. The molecule has 1 atom stereocenters. The van der Waals surface area contributed by atoms with Crippen LogP contribution in [0.3, 0.4) is 0 Å². The smallest absolute Gasteiger partial charge is 0.256 e. The highest BCUT2D eigenvalue weighted by Gasteiger charge is 2.34. The topological polar surface area (TPSA) is 97.0 Å². The molecule has 0 radical (unpaired) electrons. The Bertz CT molecular complexity index is 1070. The molecule has 9 heteroatoms. The van der Waals surface area contributed by atoms with Crippen LogP contribution in [0, 0.1) is 11.7 Å². The molecule has 0 saturated carbocycles. The first-order valence-electron chi connectivity index (χ1n) is 11.5. The molecule has 2 aliphatic heterocycles. The van der Waals surface area contributed by atoms with Crippen molar-refractivity contribution in [2.75, 3.05) is 26.4 Å². The highest BCUT2D eigenvalue weighted by atomic mass is 19.1. The summed E-state index contributed by atoms with van der Waals surface area (Å²) in [7, 11) is 0. The van der Waals surface area contributed by atoms with E-state index in [4.69, 9.17) is 9.47 Å². The third kappa shape index (κ3) is 5.13. The summed E-state index contributed by atoms with van der Waals surface area (Å²) in [6.45, 7) is 3.30. The molecule has 2 aromatic rings. The first kappa shape index (κ1) is 23.5. The molecule has 34 heavy (non-hydrogen) atoms. The lowest BCUT2D eigenvalue weighted by molar-refractivity contribution is -0.124.